The number of ether oxygens (including phenoxy) is 1. The van der Waals surface area contributed by atoms with Gasteiger partial charge in [-0.25, -0.2) is 0 Å². The molecule has 134 valence electrons. The number of fused-ring (bicyclic) bond motifs is 2. The van der Waals surface area contributed by atoms with Gasteiger partial charge in [0.2, 0.25) is 5.72 Å². The Balaban J connectivity index is 1.89. The Hall–Kier alpha value is -2.82. The summed E-state index contributed by atoms with van der Waals surface area (Å²) in [5.74, 6) is 0.684. The minimum atomic E-state index is -0.636. The van der Waals surface area contributed by atoms with Crippen molar-refractivity contribution in [3.8, 4) is 5.75 Å². The van der Waals surface area contributed by atoms with E-state index in [1.165, 1.54) is 17.3 Å². The van der Waals surface area contributed by atoms with Crippen molar-refractivity contribution in [3.63, 3.8) is 0 Å². The maximum absolute atomic E-state index is 11.1. The normalized spacial score (nSPS) is 22.0. The molecule has 0 saturated carbocycles. The summed E-state index contributed by atoms with van der Waals surface area (Å²) in [4.78, 5) is 12.9. The number of likely N-dealkylation sites (N-methyl/N-ethyl adjacent to an activating group) is 1. The first-order chi connectivity index (χ1) is 12.5. The molecule has 26 heavy (non-hydrogen) atoms. The molecule has 0 aliphatic carbocycles. The SMILES string of the molecule is CCC1(CC)c2ccccc2N(C)C12C=Cc1cc([N+](=O)[O-])ccc1O2. The molecule has 2 aromatic carbocycles. The Morgan fingerprint density at radius 1 is 1.15 bits per heavy atom. The number of rotatable bonds is 3. The highest BCUT2D eigenvalue weighted by molar-refractivity contribution is 5.73. The lowest BCUT2D eigenvalue weighted by molar-refractivity contribution is -0.384. The van der Waals surface area contributed by atoms with Gasteiger partial charge in [-0.3, -0.25) is 10.1 Å². The Morgan fingerprint density at radius 2 is 1.88 bits per heavy atom. The highest BCUT2D eigenvalue weighted by atomic mass is 16.6. The van der Waals surface area contributed by atoms with Crippen LogP contribution in [-0.4, -0.2) is 17.7 Å². The lowest BCUT2D eigenvalue weighted by Gasteiger charge is -2.48. The van der Waals surface area contributed by atoms with Crippen LogP contribution in [-0.2, 0) is 5.41 Å². The van der Waals surface area contributed by atoms with Crippen molar-refractivity contribution in [3.05, 3.63) is 69.8 Å². The summed E-state index contributed by atoms with van der Waals surface area (Å²) < 4.78 is 6.62. The number of anilines is 1. The van der Waals surface area contributed by atoms with Crippen LogP contribution in [0.1, 0.15) is 37.8 Å². The first kappa shape index (κ1) is 16.6. The van der Waals surface area contributed by atoms with Gasteiger partial charge in [0.25, 0.3) is 5.69 Å². The number of hydrogen-bond acceptors (Lipinski definition) is 4. The topological polar surface area (TPSA) is 55.6 Å². The largest absolute Gasteiger partial charge is 0.463 e. The molecule has 1 spiro atoms. The zero-order chi connectivity index (χ0) is 18.5. The fourth-order valence-corrected chi connectivity index (χ4v) is 4.72. The summed E-state index contributed by atoms with van der Waals surface area (Å²) in [7, 11) is 2.06. The molecule has 0 radical (unpaired) electrons. The average Bonchev–Trinajstić information content (AvgIpc) is 2.87. The second kappa shape index (κ2) is 5.59. The van der Waals surface area contributed by atoms with Crippen LogP contribution in [0.5, 0.6) is 5.75 Å². The molecule has 0 aromatic heterocycles. The van der Waals surface area contributed by atoms with Crippen molar-refractivity contribution >= 4 is 17.5 Å². The van der Waals surface area contributed by atoms with Crippen LogP contribution in [0.3, 0.4) is 0 Å². The number of benzene rings is 2. The Morgan fingerprint density at radius 3 is 2.58 bits per heavy atom. The molecule has 0 amide bonds. The van der Waals surface area contributed by atoms with E-state index in [2.05, 4.69) is 50.1 Å². The van der Waals surface area contributed by atoms with Gasteiger partial charge in [-0.2, -0.15) is 0 Å². The molecule has 1 atom stereocenters. The van der Waals surface area contributed by atoms with Gasteiger partial charge in [-0.1, -0.05) is 32.0 Å². The molecular weight excluding hydrogens is 328 g/mol. The van der Waals surface area contributed by atoms with E-state index in [-0.39, 0.29) is 16.0 Å². The van der Waals surface area contributed by atoms with Crippen molar-refractivity contribution in [1.82, 2.24) is 0 Å². The van der Waals surface area contributed by atoms with E-state index in [0.717, 1.165) is 18.4 Å². The summed E-state index contributed by atoms with van der Waals surface area (Å²) in [6.07, 6.45) is 5.90. The van der Waals surface area contributed by atoms with Gasteiger partial charge < -0.3 is 9.64 Å². The van der Waals surface area contributed by atoms with Crippen molar-refractivity contribution in [2.24, 2.45) is 0 Å². The van der Waals surface area contributed by atoms with Crippen molar-refractivity contribution in [1.29, 1.82) is 0 Å². The zero-order valence-corrected chi connectivity index (χ0v) is 15.2. The standard InChI is InChI=1S/C21H22N2O3/c1-4-20(5-2)17-8-6-7-9-18(17)22(3)21(20)13-12-15-14-16(23(24)25)10-11-19(15)26-21/h6-14H,4-5H2,1-3H3. The highest BCUT2D eigenvalue weighted by Gasteiger charge is 2.60. The molecule has 2 aliphatic rings. The van der Waals surface area contributed by atoms with Crippen LogP contribution in [0.25, 0.3) is 6.08 Å². The van der Waals surface area contributed by atoms with Crippen LogP contribution in [0.15, 0.2) is 48.5 Å². The molecule has 2 aliphatic heterocycles. The first-order valence-corrected chi connectivity index (χ1v) is 8.99. The predicted molar refractivity (Wildman–Crippen MR) is 103 cm³/mol. The third kappa shape index (κ3) is 1.91. The molecule has 0 bridgehead atoms. The monoisotopic (exact) mass is 350 g/mol. The summed E-state index contributed by atoms with van der Waals surface area (Å²) in [6.45, 7) is 4.40. The van der Waals surface area contributed by atoms with Gasteiger partial charge in [-0.05, 0) is 42.7 Å². The fraction of sp³-hybridized carbons (Fsp3) is 0.333. The van der Waals surface area contributed by atoms with Crippen molar-refractivity contribution in [2.45, 2.75) is 37.8 Å². The Kier molecular flexibility index (Phi) is 3.58. The number of para-hydroxylation sites is 1. The molecular formula is C21H22N2O3. The van der Waals surface area contributed by atoms with Gasteiger partial charge in [-0.15, -0.1) is 0 Å². The second-order valence-corrected chi connectivity index (χ2v) is 6.98. The molecule has 1 unspecified atom stereocenters. The van der Waals surface area contributed by atoms with E-state index < -0.39 is 5.72 Å². The van der Waals surface area contributed by atoms with E-state index in [1.807, 2.05) is 12.1 Å². The minimum absolute atomic E-state index is 0.0771. The van der Waals surface area contributed by atoms with Crippen LogP contribution < -0.4 is 9.64 Å². The van der Waals surface area contributed by atoms with Crippen molar-refractivity contribution < 1.29 is 9.66 Å². The van der Waals surface area contributed by atoms with Gasteiger partial charge in [0.1, 0.15) is 5.75 Å². The second-order valence-electron chi connectivity index (χ2n) is 6.98. The van der Waals surface area contributed by atoms with Gasteiger partial charge >= 0.3 is 0 Å². The van der Waals surface area contributed by atoms with Gasteiger partial charge in [0.15, 0.2) is 0 Å². The number of nitro benzene ring substituents is 1. The number of non-ortho nitro benzene ring substituents is 1. The smallest absolute Gasteiger partial charge is 0.270 e. The van der Waals surface area contributed by atoms with Crippen LogP contribution in [0.2, 0.25) is 0 Å². The van der Waals surface area contributed by atoms with E-state index in [0.29, 0.717) is 5.75 Å². The van der Waals surface area contributed by atoms with E-state index in [9.17, 15) is 10.1 Å². The third-order valence-electron chi connectivity index (χ3n) is 6.13. The summed E-state index contributed by atoms with van der Waals surface area (Å²) in [5.41, 5.74) is 2.47. The number of hydrogen-bond donors (Lipinski definition) is 0. The van der Waals surface area contributed by atoms with Gasteiger partial charge in [0.05, 0.1) is 10.3 Å². The lowest BCUT2D eigenvalue weighted by Crippen LogP contribution is -2.60. The Labute approximate surface area is 153 Å². The molecule has 2 heterocycles. The molecule has 0 N–H and O–H groups in total. The predicted octanol–water partition coefficient (Wildman–Crippen LogP) is 4.90. The summed E-state index contributed by atoms with van der Waals surface area (Å²) in [6, 6.07) is 13.2. The maximum atomic E-state index is 11.1. The van der Waals surface area contributed by atoms with Crippen LogP contribution in [0.4, 0.5) is 11.4 Å². The summed E-state index contributed by atoms with van der Waals surface area (Å²) in [5, 5.41) is 11.1. The molecule has 0 fully saturated rings. The van der Waals surface area contributed by atoms with E-state index >= 15 is 0 Å². The molecule has 0 saturated heterocycles. The average molecular weight is 350 g/mol. The first-order valence-electron chi connectivity index (χ1n) is 8.99. The minimum Gasteiger partial charge on any atom is -0.463 e. The fourth-order valence-electron chi connectivity index (χ4n) is 4.72. The lowest BCUT2D eigenvalue weighted by atomic mass is 9.69. The van der Waals surface area contributed by atoms with E-state index in [1.54, 1.807) is 12.1 Å². The quantitative estimate of drug-likeness (QED) is 0.583. The van der Waals surface area contributed by atoms with Crippen molar-refractivity contribution in [2.75, 3.05) is 11.9 Å². The van der Waals surface area contributed by atoms with Crippen LogP contribution in [0, 0.1) is 10.1 Å². The highest BCUT2D eigenvalue weighted by Crippen LogP contribution is 2.57. The number of nitrogens with zero attached hydrogens (tertiary/aromatic N) is 2. The molecule has 4 rings (SSSR count). The van der Waals surface area contributed by atoms with E-state index in [4.69, 9.17) is 4.74 Å². The summed E-state index contributed by atoms with van der Waals surface area (Å²) >= 11 is 0. The number of nitro groups is 1. The molecule has 5 nitrogen and oxygen atoms in total. The molecule has 2 aromatic rings. The van der Waals surface area contributed by atoms with Gasteiger partial charge in [0, 0.05) is 30.4 Å². The van der Waals surface area contributed by atoms with Crippen LogP contribution >= 0.6 is 0 Å². The third-order valence-corrected chi connectivity index (χ3v) is 6.13. The zero-order valence-electron chi connectivity index (χ0n) is 15.2. The maximum Gasteiger partial charge on any atom is 0.270 e. The molecule has 5 heteroatoms. The Bertz CT molecular complexity index is 917.